The molecule has 6 nitrogen and oxygen atoms in total. The zero-order valence-corrected chi connectivity index (χ0v) is 21.4. The second-order valence-corrected chi connectivity index (χ2v) is 9.20. The van der Waals surface area contributed by atoms with Crippen molar-refractivity contribution in [2.75, 3.05) is 18.6 Å². The number of ketones is 1. The van der Waals surface area contributed by atoms with Crippen molar-refractivity contribution in [3.63, 3.8) is 0 Å². The SMILES string of the molecule is CCOc1cccc(C2/C(=C(\O)c3cc(Cl)ccc3OC)C(=O)C(=O)N2c2ccc(C(C)C)cc2)c1. The molecule has 1 aliphatic heterocycles. The lowest BCUT2D eigenvalue weighted by Gasteiger charge is -2.26. The quantitative estimate of drug-likeness (QED) is 0.225. The van der Waals surface area contributed by atoms with E-state index in [9.17, 15) is 14.7 Å². The molecule has 4 rings (SSSR count). The van der Waals surface area contributed by atoms with E-state index in [0.717, 1.165) is 5.56 Å². The number of carbonyl (C=O) groups is 2. The van der Waals surface area contributed by atoms with Crippen molar-refractivity contribution in [1.82, 2.24) is 0 Å². The number of benzene rings is 3. The van der Waals surface area contributed by atoms with Gasteiger partial charge in [0.2, 0.25) is 0 Å². The molecule has 7 heteroatoms. The lowest BCUT2D eigenvalue weighted by atomic mass is 9.94. The highest BCUT2D eigenvalue weighted by Gasteiger charge is 2.47. The number of methoxy groups -OCH3 is 1. The van der Waals surface area contributed by atoms with Gasteiger partial charge in [-0.1, -0.05) is 49.7 Å². The Kier molecular flexibility index (Phi) is 7.36. The molecule has 0 aromatic heterocycles. The van der Waals surface area contributed by atoms with Gasteiger partial charge in [0.05, 0.1) is 30.9 Å². The minimum absolute atomic E-state index is 0.0536. The first-order chi connectivity index (χ1) is 17.3. The molecular weight excluding hydrogens is 478 g/mol. The zero-order valence-electron chi connectivity index (χ0n) is 20.6. The van der Waals surface area contributed by atoms with Crippen molar-refractivity contribution >= 4 is 34.7 Å². The van der Waals surface area contributed by atoms with Crippen LogP contribution < -0.4 is 14.4 Å². The van der Waals surface area contributed by atoms with Gasteiger partial charge >= 0.3 is 0 Å². The van der Waals surface area contributed by atoms with Gasteiger partial charge in [0.15, 0.2) is 0 Å². The van der Waals surface area contributed by atoms with Gasteiger partial charge in [-0.05, 0) is 66.4 Å². The van der Waals surface area contributed by atoms with E-state index in [1.807, 2.05) is 31.2 Å². The largest absolute Gasteiger partial charge is 0.507 e. The Labute approximate surface area is 215 Å². The zero-order chi connectivity index (χ0) is 26.0. The number of carbonyl (C=O) groups excluding carboxylic acids is 2. The molecule has 0 aliphatic carbocycles. The normalized spacial score (nSPS) is 17.1. The third kappa shape index (κ3) is 4.69. The molecule has 1 unspecified atom stereocenters. The van der Waals surface area contributed by atoms with Crippen LogP contribution in [0.5, 0.6) is 11.5 Å². The van der Waals surface area contributed by atoms with Gasteiger partial charge in [0.1, 0.15) is 17.3 Å². The van der Waals surface area contributed by atoms with Crippen LogP contribution in [0.25, 0.3) is 5.76 Å². The van der Waals surface area contributed by atoms with E-state index in [0.29, 0.717) is 40.3 Å². The summed E-state index contributed by atoms with van der Waals surface area (Å²) in [6, 6.07) is 18.5. The highest BCUT2D eigenvalue weighted by atomic mass is 35.5. The number of amides is 1. The number of rotatable bonds is 7. The highest BCUT2D eigenvalue weighted by Crippen LogP contribution is 2.44. The van der Waals surface area contributed by atoms with Crippen LogP contribution >= 0.6 is 11.6 Å². The predicted octanol–water partition coefficient (Wildman–Crippen LogP) is 6.50. The van der Waals surface area contributed by atoms with E-state index in [-0.39, 0.29) is 16.9 Å². The van der Waals surface area contributed by atoms with Crippen molar-refractivity contribution in [3.05, 3.63) is 94.0 Å². The minimum atomic E-state index is -0.890. The smallest absolute Gasteiger partial charge is 0.300 e. The molecule has 0 spiro atoms. The number of nitrogens with zero attached hydrogens (tertiary/aromatic N) is 1. The van der Waals surface area contributed by atoms with Gasteiger partial charge in [-0.25, -0.2) is 0 Å². The van der Waals surface area contributed by atoms with E-state index in [4.69, 9.17) is 21.1 Å². The molecule has 3 aromatic carbocycles. The van der Waals surface area contributed by atoms with Crippen molar-refractivity contribution in [1.29, 1.82) is 0 Å². The number of anilines is 1. The van der Waals surface area contributed by atoms with Crippen LogP contribution in [0.4, 0.5) is 5.69 Å². The molecule has 1 N–H and O–H groups in total. The Bertz CT molecular complexity index is 1330. The Morgan fingerprint density at radius 2 is 1.78 bits per heavy atom. The molecule has 36 heavy (non-hydrogen) atoms. The van der Waals surface area contributed by atoms with Crippen molar-refractivity contribution in [2.45, 2.75) is 32.7 Å². The lowest BCUT2D eigenvalue weighted by Crippen LogP contribution is -2.29. The van der Waals surface area contributed by atoms with Crippen molar-refractivity contribution < 1.29 is 24.2 Å². The summed E-state index contributed by atoms with van der Waals surface area (Å²) in [5.41, 5.74) is 2.45. The van der Waals surface area contributed by atoms with Crippen molar-refractivity contribution in [2.24, 2.45) is 0 Å². The fraction of sp³-hybridized carbons (Fsp3) is 0.241. The molecule has 1 amide bonds. The number of hydrogen-bond acceptors (Lipinski definition) is 5. The average molecular weight is 506 g/mol. The van der Waals surface area contributed by atoms with Crippen LogP contribution in [0.3, 0.4) is 0 Å². The van der Waals surface area contributed by atoms with Crippen LogP contribution in [-0.4, -0.2) is 30.5 Å². The van der Waals surface area contributed by atoms with Gasteiger partial charge in [-0.15, -0.1) is 0 Å². The summed E-state index contributed by atoms with van der Waals surface area (Å²) in [5, 5.41) is 11.8. The first kappa shape index (κ1) is 25.3. The summed E-state index contributed by atoms with van der Waals surface area (Å²) in [7, 11) is 1.46. The maximum absolute atomic E-state index is 13.4. The lowest BCUT2D eigenvalue weighted by molar-refractivity contribution is -0.132. The molecule has 0 bridgehead atoms. The number of aliphatic hydroxyl groups excluding tert-OH is 1. The van der Waals surface area contributed by atoms with Crippen molar-refractivity contribution in [3.8, 4) is 11.5 Å². The summed E-state index contributed by atoms with van der Waals surface area (Å²) in [4.78, 5) is 28.3. The minimum Gasteiger partial charge on any atom is -0.507 e. The summed E-state index contributed by atoms with van der Waals surface area (Å²) in [6.07, 6.45) is 0. The maximum Gasteiger partial charge on any atom is 0.300 e. The molecule has 0 radical (unpaired) electrons. The standard InChI is InChI=1S/C29H28ClNO5/c1-5-36-22-8-6-7-19(15-22)26-25(27(32)23-16-20(30)11-14-24(23)35-4)28(33)29(34)31(26)21-12-9-18(10-13-21)17(2)3/h6-17,26,32H,5H2,1-4H3/b27-25+. The topological polar surface area (TPSA) is 76.1 Å². The molecule has 1 fully saturated rings. The summed E-state index contributed by atoms with van der Waals surface area (Å²) in [6.45, 7) is 6.50. The Hall–Kier alpha value is -3.77. The van der Waals surface area contributed by atoms with Crippen LogP contribution in [0.2, 0.25) is 5.02 Å². The molecular formula is C29H28ClNO5. The summed E-state index contributed by atoms with van der Waals surface area (Å²) in [5.74, 6) is -0.664. The molecule has 1 atom stereocenters. The molecule has 1 heterocycles. The molecule has 1 aliphatic rings. The maximum atomic E-state index is 13.4. The van der Waals surface area contributed by atoms with Crippen LogP contribution in [0.15, 0.2) is 72.3 Å². The van der Waals surface area contributed by atoms with Gasteiger partial charge in [0.25, 0.3) is 11.7 Å². The number of hydrogen-bond donors (Lipinski definition) is 1. The number of aliphatic hydroxyl groups is 1. The van der Waals surface area contributed by atoms with E-state index >= 15 is 0 Å². The highest BCUT2D eigenvalue weighted by molar-refractivity contribution is 6.51. The monoisotopic (exact) mass is 505 g/mol. The number of halogens is 1. The first-order valence-electron chi connectivity index (χ1n) is 11.7. The van der Waals surface area contributed by atoms with Gasteiger partial charge in [-0.3, -0.25) is 14.5 Å². The average Bonchev–Trinajstić information content (AvgIpc) is 3.14. The Morgan fingerprint density at radius 1 is 1.06 bits per heavy atom. The first-order valence-corrected chi connectivity index (χ1v) is 12.1. The van der Waals surface area contributed by atoms with Crippen LogP contribution in [0, 0.1) is 0 Å². The van der Waals surface area contributed by atoms with E-state index in [1.165, 1.54) is 18.1 Å². The summed E-state index contributed by atoms with van der Waals surface area (Å²) >= 11 is 6.20. The molecule has 0 saturated carbocycles. The molecule has 186 valence electrons. The van der Waals surface area contributed by atoms with Gasteiger partial charge in [0, 0.05) is 10.7 Å². The third-order valence-corrected chi connectivity index (χ3v) is 6.42. The van der Waals surface area contributed by atoms with Crippen LogP contribution in [0.1, 0.15) is 49.4 Å². The van der Waals surface area contributed by atoms with Crippen LogP contribution in [-0.2, 0) is 9.59 Å². The molecule has 1 saturated heterocycles. The Balaban J connectivity index is 1.96. The van der Waals surface area contributed by atoms with E-state index < -0.39 is 17.7 Å². The summed E-state index contributed by atoms with van der Waals surface area (Å²) < 4.78 is 11.1. The molecule has 3 aromatic rings. The predicted molar refractivity (Wildman–Crippen MR) is 141 cm³/mol. The fourth-order valence-electron chi connectivity index (χ4n) is 4.39. The third-order valence-electron chi connectivity index (χ3n) is 6.18. The van der Waals surface area contributed by atoms with Gasteiger partial charge < -0.3 is 14.6 Å². The van der Waals surface area contributed by atoms with E-state index in [1.54, 1.807) is 36.4 Å². The second-order valence-electron chi connectivity index (χ2n) is 8.77. The second kappa shape index (κ2) is 10.5. The van der Waals surface area contributed by atoms with E-state index in [2.05, 4.69) is 13.8 Å². The fourth-order valence-corrected chi connectivity index (χ4v) is 4.56. The number of ether oxygens (including phenoxy) is 2. The number of Topliss-reactive ketones (excluding diaryl/α,β-unsaturated/α-hetero) is 1. The van der Waals surface area contributed by atoms with Gasteiger partial charge in [-0.2, -0.15) is 0 Å². The Morgan fingerprint density at radius 3 is 2.42 bits per heavy atom.